The van der Waals surface area contributed by atoms with Gasteiger partial charge in [-0.15, -0.1) is 0 Å². The Morgan fingerprint density at radius 2 is 1.74 bits per heavy atom. The van der Waals surface area contributed by atoms with E-state index in [-0.39, 0.29) is 5.91 Å². The quantitative estimate of drug-likeness (QED) is 0.481. The van der Waals surface area contributed by atoms with Crippen molar-refractivity contribution in [1.29, 1.82) is 5.26 Å². The third kappa shape index (κ3) is 7.96. The van der Waals surface area contributed by atoms with Crippen molar-refractivity contribution in [3.05, 3.63) is 47.7 Å². The minimum Gasteiger partial charge on any atom is -0.497 e. The second-order valence-electron chi connectivity index (χ2n) is 11.4. The molecule has 0 bridgehead atoms. The van der Waals surface area contributed by atoms with Gasteiger partial charge in [0.2, 0.25) is 5.91 Å². The second-order valence-corrected chi connectivity index (χ2v) is 11.4. The standard InChI is InChI=1S/C26H33N5O3.C5H11N.C2H3N/c1-4-24(32)29-12-14-30(15-13-29)25-21-9-7-19(17-22(21)27-26(28-25)34-3)31-11-5-6-18-16-20(33-2)8-10-23(18)31;1-6-4-2-3-5-6;1-2-3/h4,8,10,16,19H,1,5-7,9,11-15,17H2,2-3H3;2-5H2,1H3;1H3. The fourth-order valence-electron chi connectivity index (χ4n) is 6.43. The van der Waals surface area contributed by atoms with Gasteiger partial charge in [0, 0.05) is 63.4 Å². The topological polar surface area (TPSA) is 98.1 Å². The Bertz CT molecular complexity index is 1280. The van der Waals surface area contributed by atoms with Crippen LogP contribution >= 0.6 is 0 Å². The summed E-state index contributed by atoms with van der Waals surface area (Å²) >= 11 is 0. The van der Waals surface area contributed by atoms with E-state index in [1.165, 1.54) is 55.7 Å². The van der Waals surface area contributed by atoms with Crippen LogP contribution in [0.5, 0.6) is 11.8 Å². The van der Waals surface area contributed by atoms with Crippen LogP contribution in [0, 0.1) is 11.3 Å². The van der Waals surface area contributed by atoms with Crippen LogP contribution in [0.4, 0.5) is 11.5 Å². The van der Waals surface area contributed by atoms with Gasteiger partial charge in [0.1, 0.15) is 11.6 Å². The van der Waals surface area contributed by atoms with E-state index in [9.17, 15) is 4.79 Å². The van der Waals surface area contributed by atoms with E-state index in [0.29, 0.717) is 25.1 Å². The molecule has 2 fully saturated rings. The molecule has 1 amide bonds. The molecule has 10 heteroatoms. The predicted octanol–water partition coefficient (Wildman–Crippen LogP) is 3.88. The first-order valence-electron chi connectivity index (χ1n) is 15.4. The zero-order chi connectivity index (χ0) is 30.8. The number of aromatic nitrogens is 2. The van der Waals surface area contributed by atoms with Crippen molar-refractivity contribution in [3.63, 3.8) is 0 Å². The molecule has 0 radical (unpaired) electrons. The minimum atomic E-state index is -0.00998. The Balaban J connectivity index is 0.000000408. The molecule has 0 N–H and O–H groups in total. The molecule has 4 heterocycles. The molecular formula is C33H47N7O3. The summed E-state index contributed by atoms with van der Waals surface area (Å²) < 4.78 is 10.9. The lowest BCUT2D eigenvalue weighted by Gasteiger charge is -2.41. The number of fused-ring (bicyclic) bond motifs is 2. The molecule has 10 nitrogen and oxygen atoms in total. The highest BCUT2D eigenvalue weighted by Gasteiger charge is 2.32. The van der Waals surface area contributed by atoms with E-state index in [1.807, 2.05) is 4.90 Å². The predicted molar refractivity (Wildman–Crippen MR) is 170 cm³/mol. The summed E-state index contributed by atoms with van der Waals surface area (Å²) in [5.41, 5.74) is 5.00. The van der Waals surface area contributed by atoms with E-state index in [0.717, 1.165) is 69.0 Å². The Hall–Kier alpha value is -3.84. The molecule has 3 aliphatic heterocycles. The number of piperazine rings is 1. The number of likely N-dealkylation sites (tertiary alicyclic amines) is 1. The molecular weight excluding hydrogens is 542 g/mol. The van der Waals surface area contributed by atoms with Gasteiger partial charge in [0.25, 0.3) is 0 Å². The van der Waals surface area contributed by atoms with Crippen LogP contribution in [0.2, 0.25) is 0 Å². The van der Waals surface area contributed by atoms with Gasteiger partial charge in [-0.05, 0) is 88.5 Å². The van der Waals surface area contributed by atoms with Crippen LogP contribution < -0.4 is 19.3 Å². The zero-order valence-electron chi connectivity index (χ0n) is 26.3. The number of nitriles is 1. The average molecular weight is 590 g/mol. The third-order valence-electron chi connectivity index (χ3n) is 8.67. The molecule has 1 aliphatic carbocycles. The number of carbonyl (C=O) groups is 1. The summed E-state index contributed by atoms with van der Waals surface area (Å²) in [5, 5.41) is 7.32. The first kappa shape index (κ1) is 32.1. The molecule has 6 rings (SSSR count). The van der Waals surface area contributed by atoms with Crippen LogP contribution in [-0.4, -0.2) is 98.8 Å². The Morgan fingerprint density at radius 1 is 1.02 bits per heavy atom. The number of methoxy groups -OCH3 is 2. The van der Waals surface area contributed by atoms with Crippen LogP contribution in [0.25, 0.3) is 0 Å². The second kappa shape index (κ2) is 15.6. The van der Waals surface area contributed by atoms with Crippen molar-refractivity contribution < 1.29 is 14.3 Å². The molecule has 0 saturated carbocycles. The van der Waals surface area contributed by atoms with E-state index in [1.54, 1.807) is 20.3 Å². The number of carbonyl (C=O) groups excluding carboxylic acids is 1. The lowest BCUT2D eigenvalue weighted by molar-refractivity contribution is -0.126. The molecule has 2 saturated heterocycles. The van der Waals surface area contributed by atoms with Crippen molar-refractivity contribution in [2.45, 2.75) is 57.9 Å². The van der Waals surface area contributed by atoms with Gasteiger partial charge in [0.15, 0.2) is 0 Å². The number of aryl methyl sites for hydroxylation is 1. The highest BCUT2D eigenvalue weighted by atomic mass is 16.5. The van der Waals surface area contributed by atoms with Crippen molar-refractivity contribution in [1.82, 2.24) is 19.8 Å². The number of ether oxygens (including phenoxy) is 2. The molecule has 1 unspecified atom stereocenters. The van der Waals surface area contributed by atoms with E-state index in [4.69, 9.17) is 24.7 Å². The van der Waals surface area contributed by atoms with Gasteiger partial charge in [0.05, 0.1) is 26.0 Å². The van der Waals surface area contributed by atoms with E-state index >= 15 is 0 Å². The van der Waals surface area contributed by atoms with Crippen molar-refractivity contribution in [3.8, 4) is 17.8 Å². The number of hydrogen-bond acceptors (Lipinski definition) is 9. The Kier molecular flexibility index (Phi) is 11.6. The summed E-state index contributed by atoms with van der Waals surface area (Å²) in [4.78, 5) is 30.6. The van der Waals surface area contributed by atoms with Crippen LogP contribution in [0.1, 0.15) is 49.4 Å². The SMILES string of the molecule is C=CC(=O)N1CCN(c2nc(OC)nc3c2CCC(N2CCCc4cc(OC)ccc42)C3)CC1.CC#N.CN1CCCC1. The maximum absolute atomic E-state index is 12.0. The summed E-state index contributed by atoms with van der Waals surface area (Å²) in [6.45, 7) is 11.6. The largest absolute Gasteiger partial charge is 0.497 e. The molecule has 1 aromatic heterocycles. The summed E-state index contributed by atoms with van der Waals surface area (Å²) in [6.07, 6.45) is 9.33. The van der Waals surface area contributed by atoms with Crippen LogP contribution in [0.3, 0.4) is 0 Å². The smallest absolute Gasteiger partial charge is 0.318 e. The average Bonchev–Trinajstić information content (AvgIpc) is 3.54. The first-order chi connectivity index (χ1) is 20.9. The molecule has 0 spiro atoms. The molecule has 1 atom stereocenters. The normalized spacial score (nSPS) is 19.4. The maximum atomic E-state index is 12.0. The van der Waals surface area contributed by atoms with Crippen molar-refractivity contribution in [2.75, 3.05) is 76.9 Å². The first-order valence-corrected chi connectivity index (χ1v) is 15.4. The number of rotatable bonds is 5. The monoisotopic (exact) mass is 589 g/mol. The summed E-state index contributed by atoms with van der Waals surface area (Å²) in [6, 6.07) is 9.02. The summed E-state index contributed by atoms with van der Waals surface area (Å²) in [5.74, 6) is 1.88. The molecule has 4 aliphatic rings. The zero-order valence-corrected chi connectivity index (χ0v) is 26.3. The third-order valence-corrected chi connectivity index (χ3v) is 8.67. The fourth-order valence-corrected chi connectivity index (χ4v) is 6.43. The number of hydrogen-bond donors (Lipinski definition) is 0. The molecule has 232 valence electrons. The number of benzene rings is 1. The number of nitrogens with zero attached hydrogens (tertiary/aromatic N) is 7. The van der Waals surface area contributed by atoms with E-state index in [2.05, 4.69) is 46.5 Å². The fraction of sp³-hybridized carbons (Fsp3) is 0.576. The van der Waals surface area contributed by atoms with Gasteiger partial charge >= 0.3 is 6.01 Å². The van der Waals surface area contributed by atoms with Gasteiger partial charge in [-0.1, -0.05) is 6.58 Å². The highest BCUT2D eigenvalue weighted by Crippen LogP contribution is 2.37. The van der Waals surface area contributed by atoms with Gasteiger partial charge in [-0.2, -0.15) is 15.2 Å². The molecule has 2 aromatic rings. The van der Waals surface area contributed by atoms with Crippen LogP contribution in [0.15, 0.2) is 30.9 Å². The minimum absolute atomic E-state index is 0.00998. The van der Waals surface area contributed by atoms with Crippen molar-refractivity contribution in [2.24, 2.45) is 0 Å². The lowest BCUT2D eigenvalue weighted by Crippen LogP contribution is -2.49. The summed E-state index contributed by atoms with van der Waals surface area (Å²) in [7, 11) is 5.52. The lowest BCUT2D eigenvalue weighted by atomic mass is 9.88. The maximum Gasteiger partial charge on any atom is 0.318 e. The van der Waals surface area contributed by atoms with Crippen molar-refractivity contribution >= 4 is 17.4 Å². The Morgan fingerprint density at radius 3 is 2.35 bits per heavy atom. The number of amides is 1. The van der Waals surface area contributed by atoms with Gasteiger partial charge < -0.3 is 29.1 Å². The highest BCUT2D eigenvalue weighted by molar-refractivity contribution is 5.87. The molecule has 1 aromatic carbocycles. The van der Waals surface area contributed by atoms with Crippen LogP contribution in [-0.2, 0) is 24.1 Å². The molecule has 43 heavy (non-hydrogen) atoms. The number of anilines is 2. The Labute approximate surface area is 256 Å². The van der Waals surface area contributed by atoms with E-state index < -0.39 is 0 Å². The van der Waals surface area contributed by atoms with Gasteiger partial charge in [-0.3, -0.25) is 4.79 Å². The van der Waals surface area contributed by atoms with Gasteiger partial charge in [-0.25, -0.2) is 0 Å².